The molecule has 1 aliphatic heterocycles. The molecule has 8 nitrogen and oxygen atoms in total. The van der Waals surface area contributed by atoms with E-state index in [4.69, 9.17) is 4.98 Å². The maximum atomic E-state index is 13.4. The van der Waals surface area contributed by atoms with Crippen molar-refractivity contribution in [3.63, 3.8) is 0 Å². The van der Waals surface area contributed by atoms with Gasteiger partial charge in [-0.1, -0.05) is 25.0 Å². The number of nitrogens with zero attached hydrogens (tertiary/aromatic N) is 4. The van der Waals surface area contributed by atoms with Gasteiger partial charge in [0.25, 0.3) is 0 Å². The number of nitrogens with one attached hydrogen (secondary N) is 1. The van der Waals surface area contributed by atoms with Crippen molar-refractivity contribution in [1.29, 1.82) is 5.26 Å². The molecule has 202 valence electrons. The van der Waals surface area contributed by atoms with E-state index in [1.807, 2.05) is 30.5 Å². The molecule has 1 amide bonds. The molecule has 10 heteroatoms. The fourth-order valence-electron chi connectivity index (χ4n) is 5.64. The fourth-order valence-corrected chi connectivity index (χ4v) is 7.67. The average molecular weight is 562 g/mol. The lowest BCUT2D eigenvalue weighted by Crippen LogP contribution is -2.54. The number of thiazole rings is 1. The standard InChI is InChI=1S/C29H31N5O3S2/c1-39(36,37)22-16-34(17-22)21-10-8-19(9-11-21)26-25(32-28(38-26)20-5-4-14-31-15-20)23-6-2-3-7-24(23)27(35)33-29(18-30)12-13-29/h4-5,8-11,14-15,22-24H,2-3,6-7,12-13,16-17H2,1H3,(H,33,35). The molecule has 2 atom stereocenters. The van der Waals surface area contributed by atoms with Gasteiger partial charge in [0, 0.05) is 54.8 Å². The molecule has 0 radical (unpaired) electrons. The van der Waals surface area contributed by atoms with E-state index in [0.29, 0.717) is 25.9 Å². The molecule has 3 aromatic rings. The van der Waals surface area contributed by atoms with Gasteiger partial charge in [-0.3, -0.25) is 9.78 Å². The molecule has 6 rings (SSSR count). The summed E-state index contributed by atoms with van der Waals surface area (Å²) in [4.78, 5) is 26.0. The van der Waals surface area contributed by atoms with Gasteiger partial charge in [0.05, 0.1) is 21.9 Å². The Hall–Kier alpha value is -3.29. The van der Waals surface area contributed by atoms with Gasteiger partial charge in [0.1, 0.15) is 10.5 Å². The summed E-state index contributed by atoms with van der Waals surface area (Å²) in [5, 5.41) is 13.1. The van der Waals surface area contributed by atoms with Gasteiger partial charge in [-0.05, 0) is 55.5 Å². The van der Waals surface area contributed by atoms with Crippen molar-refractivity contribution >= 4 is 32.8 Å². The lowest BCUT2D eigenvalue weighted by molar-refractivity contribution is -0.127. The molecule has 39 heavy (non-hydrogen) atoms. The van der Waals surface area contributed by atoms with E-state index < -0.39 is 15.4 Å². The van der Waals surface area contributed by atoms with Crippen molar-refractivity contribution < 1.29 is 13.2 Å². The highest BCUT2D eigenvalue weighted by Crippen LogP contribution is 2.46. The summed E-state index contributed by atoms with van der Waals surface area (Å²) in [6.45, 7) is 1.02. The molecule has 2 unspecified atom stereocenters. The van der Waals surface area contributed by atoms with Crippen LogP contribution in [0.5, 0.6) is 0 Å². The van der Waals surface area contributed by atoms with Gasteiger partial charge in [-0.15, -0.1) is 11.3 Å². The Kier molecular flexibility index (Phi) is 6.68. The van der Waals surface area contributed by atoms with Crippen LogP contribution in [0.4, 0.5) is 5.69 Å². The minimum atomic E-state index is -3.03. The summed E-state index contributed by atoms with van der Waals surface area (Å²) in [7, 11) is -3.03. The first-order chi connectivity index (χ1) is 18.8. The molecule has 2 aliphatic carbocycles. The van der Waals surface area contributed by atoms with Crippen molar-refractivity contribution in [2.45, 2.75) is 55.2 Å². The number of amides is 1. The van der Waals surface area contributed by atoms with Crippen molar-refractivity contribution in [3.05, 3.63) is 54.5 Å². The number of aromatic nitrogens is 2. The van der Waals surface area contributed by atoms with Gasteiger partial charge in [-0.25, -0.2) is 13.4 Å². The largest absolute Gasteiger partial charge is 0.369 e. The predicted octanol–water partition coefficient (Wildman–Crippen LogP) is 4.55. The summed E-state index contributed by atoms with van der Waals surface area (Å²) in [5.41, 5.74) is 3.22. The molecule has 0 spiro atoms. The van der Waals surface area contributed by atoms with E-state index in [1.165, 1.54) is 6.26 Å². The lowest BCUT2D eigenvalue weighted by Gasteiger charge is -2.39. The molecule has 3 aliphatic rings. The molecule has 0 bridgehead atoms. The number of rotatable bonds is 7. The number of anilines is 1. The highest BCUT2D eigenvalue weighted by atomic mass is 32.2. The molecular weight excluding hydrogens is 530 g/mol. The summed E-state index contributed by atoms with van der Waals surface area (Å²) in [5.74, 6) is -0.287. The number of hydrogen-bond donors (Lipinski definition) is 1. The van der Waals surface area contributed by atoms with Gasteiger partial charge in [0.15, 0.2) is 9.84 Å². The summed E-state index contributed by atoms with van der Waals surface area (Å²) in [6, 6.07) is 14.4. The van der Waals surface area contributed by atoms with E-state index in [2.05, 4.69) is 33.4 Å². The average Bonchev–Trinajstić information content (AvgIpc) is 3.54. The Labute approximate surface area is 233 Å². The van der Waals surface area contributed by atoms with Crippen LogP contribution in [0.15, 0.2) is 48.8 Å². The van der Waals surface area contributed by atoms with Crippen LogP contribution in [0.2, 0.25) is 0 Å². The molecule has 1 aromatic carbocycles. The zero-order chi connectivity index (χ0) is 27.2. The number of hydrogen-bond acceptors (Lipinski definition) is 8. The Morgan fingerprint density at radius 3 is 2.51 bits per heavy atom. The molecule has 1 N–H and O–H groups in total. The third-order valence-electron chi connectivity index (χ3n) is 8.29. The molecule has 2 saturated carbocycles. The zero-order valence-corrected chi connectivity index (χ0v) is 23.5. The first-order valence-electron chi connectivity index (χ1n) is 13.4. The van der Waals surface area contributed by atoms with Gasteiger partial charge in [0.2, 0.25) is 5.91 Å². The van der Waals surface area contributed by atoms with Crippen LogP contribution in [0.25, 0.3) is 21.0 Å². The summed E-state index contributed by atoms with van der Waals surface area (Å²) < 4.78 is 23.7. The topological polar surface area (TPSA) is 116 Å². The zero-order valence-electron chi connectivity index (χ0n) is 21.8. The maximum Gasteiger partial charge on any atom is 0.225 e. The molecular formula is C29H31N5O3S2. The van der Waals surface area contributed by atoms with Gasteiger partial charge in [-0.2, -0.15) is 5.26 Å². The lowest BCUT2D eigenvalue weighted by atomic mass is 9.76. The third-order valence-corrected chi connectivity index (χ3v) is 11.0. The Morgan fingerprint density at radius 2 is 1.87 bits per heavy atom. The first kappa shape index (κ1) is 26.0. The second kappa shape index (κ2) is 10.0. The minimum Gasteiger partial charge on any atom is -0.369 e. The number of carbonyl (C=O) groups excluding carboxylic acids is 1. The van der Waals surface area contributed by atoms with Crippen LogP contribution < -0.4 is 10.2 Å². The maximum absolute atomic E-state index is 13.4. The second-order valence-electron chi connectivity index (χ2n) is 11.1. The van der Waals surface area contributed by atoms with Gasteiger partial charge >= 0.3 is 0 Å². The van der Waals surface area contributed by atoms with E-state index in [0.717, 1.165) is 58.1 Å². The van der Waals surface area contributed by atoms with Crippen LogP contribution in [-0.4, -0.2) is 54.4 Å². The molecule has 3 heterocycles. The summed E-state index contributed by atoms with van der Waals surface area (Å²) in [6.07, 6.45) is 9.97. The third kappa shape index (κ3) is 5.18. The van der Waals surface area contributed by atoms with Crippen molar-refractivity contribution in [2.24, 2.45) is 5.92 Å². The quantitative estimate of drug-likeness (QED) is 0.450. The molecule has 1 saturated heterocycles. The van der Waals surface area contributed by atoms with Gasteiger partial charge < -0.3 is 10.2 Å². The fraction of sp³-hybridized carbons (Fsp3) is 0.448. The number of pyridine rings is 1. The normalized spacial score (nSPS) is 22.5. The van der Waals surface area contributed by atoms with E-state index in [9.17, 15) is 18.5 Å². The highest BCUT2D eigenvalue weighted by Gasteiger charge is 2.47. The van der Waals surface area contributed by atoms with E-state index >= 15 is 0 Å². The van der Waals surface area contributed by atoms with Crippen LogP contribution >= 0.6 is 11.3 Å². The molecule has 2 aromatic heterocycles. The number of sulfone groups is 1. The molecule has 3 fully saturated rings. The van der Waals surface area contributed by atoms with Crippen LogP contribution in [-0.2, 0) is 14.6 Å². The predicted molar refractivity (Wildman–Crippen MR) is 152 cm³/mol. The summed E-state index contributed by atoms with van der Waals surface area (Å²) >= 11 is 1.61. The van der Waals surface area contributed by atoms with E-state index in [-0.39, 0.29) is 23.0 Å². The first-order valence-corrected chi connectivity index (χ1v) is 16.2. The number of benzene rings is 1. The van der Waals surface area contributed by atoms with Crippen LogP contribution in [0.1, 0.15) is 50.1 Å². The van der Waals surface area contributed by atoms with Crippen molar-refractivity contribution in [1.82, 2.24) is 15.3 Å². The Morgan fingerprint density at radius 1 is 1.13 bits per heavy atom. The number of carbonyl (C=O) groups is 1. The smallest absolute Gasteiger partial charge is 0.225 e. The van der Waals surface area contributed by atoms with Crippen LogP contribution in [0.3, 0.4) is 0 Å². The van der Waals surface area contributed by atoms with Crippen molar-refractivity contribution in [2.75, 3.05) is 24.2 Å². The van der Waals surface area contributed by atoms with E-state index in [1.54, 1.807) is 17.5 Å². The Bertz CT molecular complexity index is 1520. The Balaban J connectivity index is 1.32. The SMILES string of the molecule is CS(=O)(=O)C1CN(c2ccc(-c3sc(-c4cccnc4)nc3C3CCCCC3C(=O)NC3(C#N)CC3)cc2)C1. The second-order valence-corrected chi connectivity index (χ2v) is 14.4. The monoisotopic (exact) mass is 561 g/mol. The minimum absolute atomic E-state index is 0.0320. The van der Waals surface area contributed by atoms with Crippen molar-refractivity contribution in [3.8, 4) is 27.1 Å². The highest BCUT2D eigenvalue weighted by molar-refractivity contribution is 7.91. The van der Waals surface area contributed by atoms with Crippen LogP contribution in [0, 0.1) is 17.2 Å². The number of nitriles is 1.